The van der Waals surface area contributed by atoms with Crippen molar-refractivity contribution < 1.29 is 9.53 Å². The summed E-state index contributed by atoms with van der Waals surface area (Å²) >= 11 is 0. The summed E-state index contributed by atoms with van der Waals surface area (Å²) in [5.41, 5.74) is 0. The molecule has 1 rings (SSSR count). The van der Waals surface area contributed by atoms with Crippen LogP contribution in [0.3, 0.4) is 0 Å². The van der Waals surface area contributed by atoms with Gasteiger partial charge in [0.25, 0.3) is 0 Å². The van der Waals surface area contributed by atoms with E-state index in [4.69, 9.17) is 4.74 Å². The summed E-state index contributed by atoms with van der Waals surface area (Å²) in [6, 6.07) is 1.40. The molecule has 2 nitrogen and oxygen atoms in total. The Kier molecular flexibility index (Phi) is 7.99. The quantitative estimate of drug-likeness (QED) is 0.260. The number of carbonyl (C=O) groups is 1. The number of ether oxygens (including phenoxy) is 1. The first-order chi connectivity index (χ1) is 11.7. The van der Waals surface area contributed by atoms with Crippen molar-refractivity contribution in [3.8, 4) is 0 Å². The molecule has 0 heterocycles. The van der Waals surface area contributed by atoms with Crippen molar-refractivity contribution in [3.63, 3.8) is 0 Å². The maximum atomic E-state index is 11.7. The molecule has 0 aromatic heterocycles. The number of rotatable bonds is 8. The summed E-state index contributed by atoms with van der Waals surface area (Å²) in [5.74, 6) is 1.05. The average molecular weight is 429 g/mol. The molecule has 2 unspecified atom stereocenters. The van der Waals surface area contributed by atoms with Crippen LogP contribution in [0.5, 0.6) is 0 Å². The lowest BCUT2D eigenvalue weighted by atomic mass is 9.93. The van der Waals surface area contributed by atoms with Gasteiger partial charge in [-0.1, -0.05) is 77.5 Å². The number of carbonyl (C=O) groups excluding carboxylic acids is 1. The molecule has 0 aromatic rings. The molecule has 1 aliphatic carbocycles. The predicted molar refractivity (Wildman–Crippen MR) is 127 cm³/mol. The van der Waals surface area contributed by atoms with E-state index >= 15 is 0 Å². The SMILES string of the molecule is COC(=O)CC1CCCC1/C=C/C[Si]([Si](C)(C)C)([Si](C)(C)C)[Si](C)(C)C. The fourth-order valence-corrected chi connectivity index (χ4v) is 103. The molecule has 0 spiro atoms. The van der Waals surface area contributed by atoms with E-state index in [2.05, 4.69) is 71.1 Å². The van der Waals surface area contributed by atoms with Crippen LogP contribution in [0.4, 0.5) is 0 Å². The number of hydrogen-bond donors (Lipinski definition) is 0. The van der Waals surface area contributed by atoms with E-state index in [-0.39, 0.29) is 5.97 Å². The zero-order chi connectivity index (χ0) is 20.4. The first-order valence-electron chi connectivity index (χ1n) is 10.4. The Morgan fingerprint density at radius 2 is 1.42 bits per heavy atom. The van der Waals surface area contributed by atoms with E-state index < -0.39 is 29.4 Å². The molecule has 0 bridgehead atoms. The summed E-state index contributed by atoms with van der Waals surface area (Å²) in [5, 5.41) is 0. The summed E-state index contributed by atoms with van der Waals surface area (Å²) < 4.78 is 4.91. The second kappa shape index (κ2) is 8.62. The number of allylic oxidation sites excluding steroid dienone is 2. The first kappa shape index (κ1) is 24.1. The van der Waals surface area contributed by atoms with Crippen molar-refractivity contribution in [2.45, 2.75) is 90.7 Å². The summed E-state index contributed by atoms with van der Waals surface area (Å²) in [7, 11) is -2.08. The molecule has 2 atom stereocenters. The van der Waals surface area contributed by atoms with Crippen LogP contribution in [0.25, 0.3) is 0 Å². The number of esters is 1. The molecule has 0 aromatic carbocycles. The Morgan fingerprint density at radius 1 is 0.923 bits per heavy atom. The molecule has 1 aliphatic rings. The van der Waals surface area contributed by atoms with Crippen LogP contribution >= 0.6 is 0 Å². The van der Waals surface area contributed by atoms with Crippen LogP contribution in [0.1, 0.15) is 25.7 Å². The molecule has 1 fully saturated rings. The second-order valence-electron chi connectivity index (χ2n) is 11.4. The van der Waals surface area contributed by atoms with E-state index in [1.165, 1.54) is 32.4 Å². The van der Waals surface area contributed by atoms with E-state index in [0.717, 1.165) is 0 Å². The first-order valence-corrected chi connectivity index (χ1v) is 26.1. The van der Waals surface area contributed by atoms with Gasteiger partial charge in [-0.25, -0.2) is 0 Å². The molecule has 6 heteroatoms. The zero-order valence-corrected chi connectivity index (χ0v) is 23.2. The fraction of sp³-hybridized carbons (Fsp3) is 0.850. The van der Waals surface area contributed by atoms with Gasteiger partial charge in [0, 0.05) is 35.8 Å². The van der Waals surface area contributed by atoms with Gasteiger partial charge in [-0.15, -0.1) is 0 Å². The van der Waals surface area contributed by atoms with Gasteiger partial charge in [-0.2, -0.15) is 0 Å². The third-order valence-corrected chi connectivity index (χ3v) is 80.9. The third kappa shape index (κ3) is 5.11. The Balaban J connectivity index is 3.07. The topological polar surface area (TPSA) is 26.3 Å². The van der Waals surface area contributed by atoms with E-state index in [0.29, 0.717) is 18.3 Å². The highest BCUT2D eigenvalue weighted by Crippen LogP contribution is 2.41. The zero-order valence-electron chi connectivity index (χ0n) is 19.2. The summed E-state index contributed by atoms with van der Waals surface area (Å²) in [4.78, 5) is 11.7. The molecule has 26 heavy (non-hydrogen) atoms. The van der Waals surface area contributed by atoms with Gasteiger partial charge in [-0.3, -0.25) is 4.79 Å². The second-order valence-corrected chi connectivity index (χ2v) is 52.8. The number of methoxy groups -OCH3 is 1. The fourth-order valence-electron chi connectivity index (χ4n) is 6.58. The van der Waals surface area contributed by atoms with Gasteiger partial charge in [-0.05, 0) is 30.7 Å². The number of hydrogen-bond acceptors (Lipinski definition) is 2. The highest BCUT2D eigenvalue weighted by atomic mass is 29.9. The third-order valence-electron chi connectivity index (χ3n) is 7.02. The largest absolute Gasteiger partial charge is 0.469 e. The standard InChI is InChI=1S/C20H44O2Si4/c1-22-20(21)17-19-14-11-13-18(19)15-12-16-26(23(2,3)4,24(5,6)7)25(8,9)10/h12,15,18-19H,11,13-14,16-17H2,1-10H3/b15-12+. The van der Waals surface area contributed by atoms with Crippen molar-refractivity contribution >= 4 is 35.4 Å². The Morgan fingerprint density at radius 3 is 1.85 bits per heavy atom. The Labute approximate surface area is 166 Å². The van der Waals surface area contributed by atoms with E-state index in [1.807, 2.05) is 0 Å². The normalized spacial score (nSPS) is 22.8. The van der Waals surface area contributed by atoms with Crippen LogP contribution in [0.2, 0.25) is 65.0 Å². The highest BCUT2D eigenvalue weighted by Gasteiger charge is 2.60. The van der Waals surface area contributed by atoms with Crippen LogP contribution < -0.4 is 0 Å². The minimum Gasteiger partial charge on any atom is -0.469 e. The van der Waals surface area contributed by atoms with Gasteiger partial charge in [0.1, 0.15) is 0 Å². The van der Waals surface area contributed by atoms with Crippen LogP contribution in [0, 0.1) is 11.8 Å². The minimum atomic E-state index is -1.29. The lowest BCUT2D eigenvalue weighted by Gasteiger charge is -2.57. The van der Waals surface area contributed by atoms with Crippen LogP contribution in [-0.4, -0.2) is 42.5 Å². The average Bonchev–Trinajstić information content (AvgIpc) is 2.86. The molecule has 0 radical (unpaired) electrons. The molecule has 1 saturated carbocycles. The smallest absolute Gasteiger partial charge is 0.305 e. The Bertz CT molecular complexity index is 473. The van der Waals surface area contributed by atoms with Gasteiger partial charge < -0.3 is 4.74 Å². The lowest BCUT2D eigenvalue weighted by molar-refractivity contribution is -0.141. The van der Waals surface area contributed by atoms with Crippen molar-refractivity contribution in [2.75, 3.05) is 7.11 Å². The molecular formula is C20H44O2Si4. The van der Waals surface area contributed by atoms with Crippen LogP contribution in [0.15, 0.2) is 12.2 Å². The molecule has 152 valence electrons. The molecule has 0 saturated heterocycles. The highest BCUT2D eigenvalue weighted by molar-refractivity contribution is 7.89. The van der Waals surface area contributed by atoms with Gasteiger partial charge in [0.2, 0.25) is 0 Å². The van der Waals surface area contributed by atoms with Crippen molar-refractivity contribution in [2.24, 2.45) is 11.8 Å². The van der Waals surface area contributed by atoms with Gasteiger partial charge in [0.05, 0.1) is 7.11 Å². The molecular weight excluding hydrogens is 385 g/mol. The van der Waals surface area contributed by atoms with Gasteiger partial charge in [0.15, 0.2) is 0 Å². The van der Waals surface area contributed by atoms with E-state index in [9.17, 15) is 4.79 Å². The van der Waals surface area contributed by atoms with Crippen molar-refractivity contribution in [3.05, 3.63) is 12.2 Å². The molecule has 0 amide bonds. The summed E-state index contributed by atoms with van der Waals surface area (Å²) in [6.07, 6.45) is 9.41. The molecule has 0 N–H and O–H groups in total. The van der Waals surface area contributed by atoms with E-state index in [1.54, 1.807) is 0 Å². The maximum absolute atomic E-state index is 11.7. The monoisotopic (exact) mass is 428 g/mol. The maximum Gasteiger partial charge on any atom is 0.305 e. The van der Waals surface area contributed by atoms with Crippen molar-refractivity contribution in [1.29, 1.82) is 0 Å². The predicted octanol–water partition coefficient (Wildman–Crippen LogP) is 6.22. The molecule has 0 aliphatic heterocycles. The summed E-state index contributed by atoms with van der Waals surface area (Å²) in [6.45, 7) is 22.7. The Hall–Kier alpha value is 0.0775. The lowest BCUT2D eigenvalue weighted by Crippen LogP contribution is -2.82. The minimum absolute atomic E-state index is 0.0367. The van der Waals surface area contributed by atoms with Crippen LogP contribution in [-0.2, 0) is 9.53 Å². The van der Waals surface area contributed by atoms with Crippen molar-refractivity contribution in [1.82, 2.24) is 0 Å². The van der Waals surface area contributed by atoms with Gasteiger partial charge >= 0.3 is 5.97 Å².